The third kappa shape index (κ3) is 4.39. The lowest BCUT2D eigenvalue weighted by Gasteiger charge is -2.12. The molecule has 7 N–H and O–H groups in total. The van der Waals surface area contributed by atoms with Crippen LogP contribution in [0.1, 0.15) is 5.56 Å². The van der Waals surface area contributed by atoms with E-state index in [0.717, 1.165) is 5.56 Å². The van der Waals surface area contributed by atoms with E-state index in [1.165, 1.54) is 0 Å². The van der Waals surface area contributed by atoms with Crippen LogP contribution in [0.5, 0.6) is 0 Å². The second-order valence-corrected chi connectivity index (χ2v) is 5.85. The van der Waals surface area contributed by atoms with E-state index in [9.17, 15) is 0 Å². The van der Waals surface area contributed by atoms with E-state index >= 15 is 0 Å². The summed E-state index contributed by atoms with van der Waals surface area (Å²) in [5, 5.41) is 15.6. The van der Waals surface area contributed by atoms with Gasteiger partial charge < -0.3 is 26.6 Å². The number of anilines is 3. The van der Waals surface area contributed by atoms with E-state index in [2.05, 4.69) is 30.8 Å². The molecule has 0 bridgehead atoms. The van der Waals surface area contributed by atoms with Gasteiger partial charge in [-0.2, -0.15) is 5.10 Å². The second-order valence-electron chi connectivity index (χ2n) is 5.85. The first kappa shape index (κ1) is 19.2. The van der Waals surface area contributed by atoms with Gasteiger partial charge in [0.05, 0.1) is 43.5 Å². The molecule has 0 saturated heterocycles. The van der Waals surface area contributed by atoms with Crippen molar-refractivity contribution in [2.24, 2.45) is 5.84 Å². The van der Waals surface area contributed by atoms with Crippen molar-refractivity contribution in [3.8, 4) is 11.3 Å². The van der Waals surface area contributed by atoms with E-state index in [1.54, 1.807) is 42.5 Å². The number of nitrogen functional groups attached to an aromatic ring is 2. The molecule has 0 atom stereocenters. The number of hydrazine groups is 1. The van der Waals surface area contributed by atoms with Crippen molar-refractivity contribution < 1.29 is 4.74 Å². The number of aromatic nitrogens is 5. The Hall–Kier alpha value is -3.57. The number of hydrogen-bond acceptors (Lipinski definition) is 10. The number of nitrogens with zero attached hydrogens (tertiary/aromatic N) is 5. The molecule has 0 aliphatic rings. The lowest BCUT2D eigenvalue weighted by atomic mass is 10.1. The largest absolute Gasteiger partial charge is 0.383 e. The number of hydrogen-bond donors (Lipinski definition) is 5. The molecular weight excluding hydrogens is 360 g/mol. The Morgan fingerprint density at radius 1 is 1.29 bits per heavy atom. The number of nitrogens with two attached hydrogens (primary N) is 2. The average molecular weight is 382 g/mol. The Labute approximate surface area is 161 Å². The molecule has 146 valence electrons. The summed E-state index contributed by atoms with van der Waals surface area (Å²) in [6.07, 6.45) is 6.75. The smallest absolute Gasteiger partial charge is 0.183 e. The maximum absolute atomic E-state index is 8.23. The van der Waals surface area contributed by atoms with Gasteiger partial charge in [-0.1, -0.05) is 0 Å². The second kappa shape index (κ2) is 8.88. The van der Waals surface area contributed by atoms with Crippen molar-refractivity contribution >= 4 is 23.2 Å². The van der Waals surface area contributed by atoms with Crippen LogP contribution in [0.25, 0.3) is 11.3 Å². The highest BCUT2D eigenvalue weighted by Gasteiger charge is 2.12. The van der Waals surface area contributed by atoms with Crippen LogP contribution in [-0.2, 0) is 11.3 Å². The van der Waals surface area contributed by atoms with Gasteiger partial charge in [0.1, 0.15) is 5.82 Å². The molecule has 3 aromatic heterocycles. The SMILES string of the molecule is COCCn1cc(-c2cnc(NN)c(NCC(=N)c3cccnc3N)n2)cn1. The molecular formula is C17H22N10O. The van der Waals surface area contributed by atoms with Gasteiger partial charge in [0.15, 0.2) is 11.6 Å². The van der Waals surface area contributed by atoms with Gasteiger partial charge in [0.25, 0.3) is 0 Å². The summed E-state index contributed by atoms with van der Waals surface area (Å²) in [6, 6.07) is 3.47. The topological polar surface area (TPSA) is 166 Å². The van der Waals surface area contributed by atoms with Crippen molar-refractivity contribution in [1.82, 2.24) is 24.7 Å². The van der Waals surface area contributed by atoms with Gasteiger partial charge in [-0.15, -0.1) is 0 Å². The maximum Gasteiger partial charge on any atom is 0.183 e. The molecule has 3 aromatic rings. The summed E-state index contributed by atoms with van der Waals surface area (Å²) in [4.78, 5) is 12.8. The average Bonchev–Trinajstić information content (AvgIpc) is 3.19. The molecule has 0 radical (unpaired) electrons. The lowest BCUT2D eigenvalue weighted by molar-refractivity contribution is 0.183. The third-order valence-electron chi connectivity index (χ3n) is 3.96. The normalized spacial score (nSPS) is 10.6. The predicted octanol–water partition coefficient (Wildman–Crippen LogP) is 0.729. The summed E-state index contributed by atoms with van der Waals surface area (Å²) in [7, 11) is 1.64. The zero-order chi connectivity index (χ0) is 19.9. The third-order valence-corrected chi connectivity index (χ3v) is 3.96. The van der Waals surface area contributed by atoms with Gasteiger partial charge in [0.2, 0.25) is 0 Å². The zero-order valence-electron chi connectivity index (χ0n) is 15.4. The predicted molar refractivity (Wildman–Crippen MR) is 107 cm³/mol. The van der Waals surface area contributed by atoms with E-state index in [1.807, 2.05) is 6.20 Å². The van der Waals surface area contributed by atoms with Crippen LogP contribution in [0.15, 0.2) is 36.9 Å². The van der Waals surface area contributed by atoms with Crippen LogP contribution in [0.3, 0.4) is 0 Å². The molecule has 0 aliphatic heterocycles. The van der Waals surface area contributed by atoms with Gasteiger partial charge in [-0.3, -0.25) is 4.68 Å². The molecule has 28 heavy (non-hydrogen) atoms. The highest BCUT2D eigenvalue weighted by atomic mass is 16.5. The molecule has 0 amide bonds. The molecule has 11 nitrogen and oxygen atoms in total. The zero-order valence-corrected chi connectivity index (χ0v) is 15.4. The van der Waals surface area contributed by atoms with Crippen molar-refractivity contribution in [2.75, 3.05) is 36.7 Å². The number of pyridine rings is 1. The monoisotopic (exact) mass is 382 g/mol. The number of rotatable bonds is 9. The summed E-state index contributed by atoms with van der Waals surface area (Å²) < 4.78 is 6.82. The Bertz CT molecular complexity index is 955. The highest BCUT2D eigenvalue weighted by Crippen LogP contribution is 2.22. The molecule has 11 heteroatoms. The van der Waals surface area contributed by atoms with Crippen LogP contribution >= 0.6 is 0 Å². The number of methoxy groups -OCH3 is 1. The molecule has 0 aromatic carbocycles. The molecule has 3 heterocycles. The summed E-state index contributed by atoms with van der Waals surface area (Å²) in [5.41, 5.74) is 10.6. The van der Waals surface area contributed by atoms with E-state index < -0.39 is 0 Å². The standard InChI is InChI=1S/C17H22N10O/c1-28-6-5-27-10-11(7-24-27)14-9-23-17(26-20)16(25-14)22-8-13(18)12-3-2-4-21-15(12)19/h2-4,7,9-10,18H,5-6,8,20H2,1H3,(H2,19,21)(H,22,25)(H,23,26). The lowest BCUT2D eigenvalue weighted by Crippen LogP contribution is -2.19. The summed E-state index contributed by atoms with van der Waals surface area (Å²) in [5.74, 6) is 6.61. The minimum atomic E-state index is 0.176. The van der Waals surface area contributed by atoms with E-state index in [4.69, 9.17) is 21.7 Å². The Balaban J connectivity index is 1.77. The molecule has 3 rings (SSSR count). The minimum Gasteiger partial charge on any atom is -0.383 e. The summed E-state index contributed by atoms with van der Waals surface area (Å²) >= 11 is 0. The van der Waals surface area contributed by atoms with Gasteiger partial charge >= 0.3 is 0 Å². The van der Waals surface area contributed by atoms with E-state index in [0.29, 0.717) is 41.9 Å². The van der Waals surface area contributed by atoms with Crippen LogP contribution in [0, 0.1) is 5.41 Å². The highest BCUT2D eigenvalue weighted by molar-refractivity contribution is 6.04. The van der Waals surface area contributed by atoms with Crippen molar-refractivity contribution in [2.45, 2.75) is 6.54 Å². The molecule has 0 fully saturated rings. The fourth-order valence-corrected chi connectivity index (χ4v) is 2.50. The van der Waals surface area contributed by atoms with Gasteiger partial charge in [0, 0.05) is 30.6 Å². The fraction of sp³-hybridized carbons (Fsp3) is 0.235. The Morgan fingerprint density at radius 3 is 2.89 bits per heavy atom. The Morgan fingerprint density at radius 2 is 2.14 bits per heavy atom. The summed E-state index contributed by atoms with van der Waals surface area (Å²) in [6.45, 7) is 1.38. The van der Waals surface area contributed by atoms with Crippen LogP contribution < -0.4 is 22.3 Å². The first-order valence-electron chi connectivity index (χ1n) is 8.50. The van der Waals surface area contributed by atoms with Crippen molar-refractivity contribution in [3.05, 3.63) is 42.5 Å². The fourth-order valence-electron chi connectivity index (χ4n) is 2.50. The van der Waals surface area contributed by atoms with Gasteiger partial charge in [-0.25, -0.2) is 20.8 Å². The molecule has 0 saturated carbocycles. The van der Waals surface area contributed by atoms with Crippen LogP contribution in [-0.4, -0.2) is 50.7 Å². The van der Waals surface area contributed by atoms with Crippen LogP contribution in [0.4, 0.5) is 17.5 Å². The maximum atomic E-state index is 8.23. The van der Waals surface area contributed by atoms with Gasteiger partial charge in [-0.05, 0) is 12.1 Å². The number of nitrogens with one attached hydrogen (secondary N) is 3. The van der Waals surface area contributed by atoms with Crippen molar-refractivity contribution in [1.29, 1.82) is 5.41 Å². The Kier molecular flexibility index (Phi) is 6.09. The first-order chi connectivity index (χ1) is 13.6. The minimum absolute atomic E-state index is 0.176. The molecule has 0 unspecified atom stereocenters. The van der Waals surface area contributed by atoms with Crippen molar-refractivity contribution in [3.63, 3.8) is 0 Å². The number of ether oxygens (including phenoxy) is 1. The van der Waals surface area contributed by atoms with E-state index in [-0.39, 0.29) is 12.3 Å². The molecule has 0 aliphatic carbocycles. The quantitative estimate of drug-likeness (QED) is 0.204. The van der Waals surface area contributed by atoms with Crippen LogP contribution in [0.2, 0.25) is 0 Å². The first-order valence-corrected chi connectivity index (χ1v) is 8.50. The molecule has 0 spiro atoms.